The zero-order valence-electron chi connectivity index (χ0n) is 9.08. The van der Waals surface area contributed by atoms with Gasteiger partial charge in [-0.05, 0) is 18.4 Å². The minimum atomic E-state index is 0.980. The van der Waals surface area contributed by atoms with Crippen LogP contribution in [0.4, 0.5) is 0 Å². The maximum atomic E-state index is 4.50. The summed E-state index contributed by atoms with van der Waals surface area (Å²) in [4.78, 5) is 0. The fourth-order valence-electron chi connectivity index (χ4n) is 1.44. The number of rotatable bonds is 7. The highest BCUT2D eigenvalue weighted by molar-refractivity contribution is 5.14. The van der Waals surface area contributed by atoms with Gasteiger partial charge in [0.05, 0.1) is 0 Å². The van der Waals surface area contributed by atoms with Crippen molar-refractivity contribution in [2.45, 2.75) is 32.6 Å². The monoisotopic (exact) mass is 190 g/mol. The molecule has 0 aliphatic carbocycles. The number of unbranched alkanes of at least 4 members (excludes halogenated alkanes) is 2. The summed E-state index contributed by atoms with van der Waals surface area (Å²) >= 11 is 0. The van der Waals surface area contributed by atoms with E-state index in [1.165, 1.54) is 24.8 Å². The first-order chi connectivity index (χ1) is 6.93. The van der Waals surface area contributed by atoms with Crippen LogP contribution in [0.3, 0.4) is 0 Å². The van der Waals surface area contributed by atoms with Crippen molar-refractivity contribution in [1.29, 1.82) is 0 Å². The average molecular weight is 190 g/mol. The molecular weight excluding hydrogens is 170 g/mol. The predicted molar refractivity (Wildman–Crippen MR) is 61.5 cm³/mol. The molecule has 0 aliphatic rings. The molecule has 0 fully saturated rings. The van der Waals surface area contributed by atoms with Gasteiger partial charge in [0.2, 0.25) is 0 Å². The highest BCUT2D eigenvalue weighted by atomic mass is 14.8. The van der Waals surface area contributed by atoms with Crippen LogP contribution in [0, 0.1) is 0 Å². The summed E-state index contributed by atoms with van der Waals surface area (Å²) in [6.45, 7) is 4.25. The number of nitrogens with zero attached hydrogens (tertiary/aromatic N) is 1. The lowest BCUT2D eigenvalue weighted by atomic mass is 10.1. The van der Waals surface area contributed by atoms with E-state index in [1.54, 1.807) is 0 Å². The van der Waals surface area contributed by atoms with E-state index in [2.05, 4.69) is 42.6 Å². The molecule has 1 aromatic rings. The Bertz CT molecular complexity index is 218. The SMILES string of the molecule is CCCCC[N]CCc1ccccc1. The minimum Gasteiger partial charge on any atom is -0.241 e. The molecule has 0 N–H and O–H groups in total. The Morgan fingerprint density at radius 3 is 2.50 bits per heavy atom. The van der Waals surface area contributed by atoms with Gasteiger partial charge in [0.15, 0.2) is 0 Å². The Morgan fingerprint density at radius 1 is 1.00 bits per heavy atom. The zero-order valence-corrected chi connectivity index (χ0v) is 9.08. The van der Waals surface area contributed by atoms with E-state index in [0.29, 0.717) is 0 Å². The second kappa shape index (κ2) is 7.57. The van der Waals surface area contributed by atoms with Gasteiger partial charge in [-0.15, -0.1) is 0 Å². The van der Waals surface area contributed by atoms with Crippen molar-refractivity contribution in [1.82, 2.24) is 5.32 Å². The van der Waals surface area contributed by atoms with Crippen molar-refractivity contribution in [3.05, 3.63) is 35.9 Å². The van der Waals surface area contributed by atoms with Gasteiger partial charge in [0.1, 0.15) is 0 Å². The second-order valence-electron chi connectivity index (χ2n) is 3.61. The molecule has 0 aromatic heterocycles. The summed E-state index contributed by atoms with van der Waals surface area (Å²) in [6.07, 6.45) is 4.95. The molecule has 77 valence electrons. The van der Waals surface area contributed by atoms with Crippen molar-refractivity contribution in [2.24, 2.45) is 0 Å². The van der Waals surface area contributed by atoms with Gasteiger partial charge < -0.3 is 0 Å². The van der Waals surface area contributed by atoms with E-state index in [-0.39, 0.29) is 0 Å². The van der Waals surface area contributed by atoms with Crippen LogP contribution >= 0.6 is 0 Å². The molecule has 1 radical (unpaired) electrons. The van der Waals surface area contributed by atoms with Gasteiger partial charge in [-0.2, -0.15) is 0 Å². The van der Waals surface area contributed by atoms with Crippen LogP contribution in [0.2, 0.25) is 0 Å². The third-order valence-electron chi connectivity index (χ3n) is 2.32. The van der Waals surface area contributed by atoms with Crippen molar-refractivity contribution in [3.8, 4) is 0 Å². The molecular formula is C13H20N. The normalized spacial score (nSPS) is 10.4. The topological polar surface area (TPSA) is 14.1 Å². The van der Waals surface area contributed by atoms with Crippen LogP contribution < -0.4 is 5.32 Å². The standard InChI is InChI=1S/C13H20N/c1-2-3-7-11-14-12-10-13-8-5-4-6-9-13/h4-6,8-9H,2-3,7,10-12H2,1H3. The van der Waals surface area contributed by atoms with Crippen LogP contribution in [0.15, 0.2) is 30.3 Å². The molecule has 0 aliphatic heterocycles. The molecule has 1 nitrogen and oxygen atoms in total. The molecule has 14 heavy (non-hydrogen) atoms. The fraction of sp³-hybridized carbons (Fsp3) is 0.538. The third-order valence-corrected chi connectivity index (χ3v) is 2.32. The van der Waals surface area contributed by atoms with Crippen molar-refractivity contribution >= 4 is 0 Å². The van der Waals surface area contributed by atoms with Crippen molar-refractivity contribution in [2.75, 3.05) is 13.1 Å². The first-order valence-corrected chi connectivity index (χ1v) is 5.60. The Hall–Kier alpha value is -0.820. The van der Waals surface area contributed by atoms with Gasteiger partial charge in [-0.3, -0.25) is 0 Å². The lowest BCUT2D eigenvalue weighted by molar-refractivity contribution is 0.607. The van der Waals surface area contributed by atoms with Crippen molar-refractivity contribution in [3.63, 3.8) is 0 Å². The highest BCUT2D eigenvalue weighted by Crippen LogP contribution is 1.98. The van der Waals surface area contributed by atoms with Gasteiger partial charge in [-0.25, -0.2) is 5.32 Å². The molecule has 0 bridgehead atoms. The lowest BCUT2D eigenvalue weighted by Crippen LogP contribution is -2.10. The average Bonchev–Trinajstić information content (AvgIpc) is 2.25. The second-order valence-corrected chi connectivity index (χ2v) is 3.61. The number of hydrogen-bond donors (Lipinski definition) is 0. The molecule has 0 atom stereocenters. The maximum absolute atomic E-state index is 4.50. The maximum Gasteiger partial charge on any atom is 0.0173 e. The zero-order chi connectivity index (χ0) is 10.1. The number of benzene rings is 1. The largest absolute Gasteiger partial charge is 0.241 e. The molecule has 1 aromatic carbocycles. The molecule has 0 unspecified atom stereocenters. The Morgan fingerprint density at radius 2 is 1.79 bits per heavy atom. The Labute approximate surface area is 87.5 Å². The predicted octanol–water partition coefficient (Wildman–Crippen LogP) is 3.02. The minimum absolute atomic E-state index is 0.980. The van der Waals surface area contributed by atoms with E-state index in [9.17, 15) is 0 Å². The van der Waals surface area contributed by atoms with Crippen LogP contribution in [-0.4, -0.2) is 13.1 Å². The molecule has 0 saturated carbocycles. The molecule has 0 saturated heterocycles. The quantitative estimate of drug-likeness (QED) is 0.587. The first-order valence-electron chi connectivity index (χ1n) is 5.60. The van der Waals surface area contributed by atoms with Crippen LogP contribution in [-0.2, 0) is 6.42 Å². The molecule has 1 rings (SSSR count). The van der Waals surface area contributed by atoms with Gasteiger partial charge in [0.25, 0.3) is 0 Å². The van der Waals surface area contributed by atoms with E-state index in [0.717, 1.165) is 19.5 Å². The molecule has 0 heterocycles. The summed E-state index contributed by atoms with van der Waals surface area (Å²) in [5.74, 6) is 0. The van der Waals surface area contributed by atoms with Crippen LogP contribution in [0.25, 0.3) is 0 Å². The van der Waals surface area contributed by atoms with Crippen LogP contribution in [0.5, 0.6) is 0 Å². The summed E-state index contributed by atoms with van der Waals surface area (Å²) in [5, 5.41) is 4.50. The molecule has 0 spiro atoms. The van der Waals surface area contributed by atoms with E-state index in [1.807, 2.05) is 0 Å². The first kappa shape index (κ1) is 11.3. The molecule has 0 amide bonds. The summed E-state index contributed by atoms with van der Waals surface area (Å²) in [7, 11) is 0. The summed E-state index contributed by atoms with van der Waals surface area (Å²) in [6, 6.07) is 10.6. The Balaban J connectivity index is 1.99. The van der Waals surface area contributed by atoms with Gasteiger partial charge >= 0.3 is 0 Å². The summed E-state index contributed by atoms with van der Waals surface area (Å²) in [5.41, 5.74) is 1.40. The van der Waals surface area contributed by atoms with E-state index < -0.39 is 0 Å². The Kier molecular flexibility index (Phi) is 6.09. The smallest absolute Gasteiger partial charge is 0.0173 e. The molecule has 1 heteroatoms. The fourth-order valence-corrected chi connectivity index (χ4v) is 1.44. The summed E-state index contributed by atoms with van der Waals surface area (Å²) < 4.78 is 0. The highest BCUT2D eigenvalue weighted by Gasteiger charge is 1.92. The van der Waals surface area contributed by atoms with Crippen molar-refractivity contribution < 1.29 is 0 Å². The lowest BCUT2D eigenvalue weighted by Gasteiger charge is -2.01. The van der Waals surface area contributed by atoms with Gasteiger partial charge in [0, 0.05) is 13.1 Å². The van der Waals surface area contributed by atoms with Crippen LogP contribution in [0.1, 0.15) is 31.7 Å². The van der Waals surface area contributed by atoms with E-state index in [4.69, 9.17) is 0 Å². The third kappa shape index (κ3) is 5.03. The number of hydrogen-bond acceptors (Lipinski definition) is 0. The van der Waals surface area contributed by atoms with E-state index >= 15 is 0 Å². The van der Waals surface area contributed by atoms with Gasteiger partial charge in [-0.1, -0.05) is 50.1 Å².